The highest BCUT2D eigenvalue weighted by Crippen LogP contribution is 2.32. The molecule has 0 fully saturated rings. The summed E-state index contributed by atoms with van der Waals surface area (Å²) in [5.41, 5.74) is 7.22. The number of nitrogens with one attached hydrogen (secondary N) is 3. The van der Waals surface area contributed by atoms with Crippen LogP contribution < -0.4 is 32.5 Å². The number of carbonyl (C=O) groups is 3. The van der Waals surface area contributed by atoms with E-state index >= 15 is 0 Å². The normalized spacial score (nSPS) is 14.0. The fourth-order valence-electron chi connectivity index (χ4n) is 4.45. The number of nitrogens with zero attached hydrogens (tertiary/aromatic N) is 2. The number of aromatic nitrogens is 2. The van der Waals surface area contributed by atoms with E-state index in [2.05, 4.69) is 25.9 Å². The van der Waals surface area contributed by atoms with Crippen molar-refractivity contribution in [1.29, 1.82) is 0 Å². The van der Waals surface area contributed by atoms with Gasteiger partial charge in [-0.05, 0) is 53.8 Å². The van der Waals surface area contributed by atoms with E-state index in [0.29, 0.717) is 24.1 Å². The average Bonchev–Trinajstić information content (AvgIpc) is 3.36. The maximum absolute atomic E-state index is 12.9. The fraction of sp³-hybridized carbons (Fsp3) is 0.148. The van der Waals surface area contributed by atoms with Crippen molar-refractivity contribution in [2.45, 2.75) is 25.4 Å². The molecule has 12 nitrogen and oxygen atoms in total. The summed E-state index contributed by atoms with van der Waals surface area (Å²) in [5, 5.41) is 17.6. The molecule has 0 spiro atoms. The molecule has 0 bridgehead atoms. The van der Waals surface area contributed by atoms with Crippen LogP contribution in [0.3, 0.4) is 0 Å². The predicted molar refractivity (Wildman–Crippen MR) is 141 cm³/mol. The predicted octanol–water partition coefficient (Wildman–Crippen LogP) is 1.44. The van der Waals surface area contributed by atoms with Crippen LogP contribution in [0.2, 0.25) is 0 Å². The average molecular weight is 527 g/mol. The van der Waals surface area contributed by atoms with Crippen LogP contribution in [0, 0.1) is 0 Å². The lowest BCUT2D eigenvalue weighted by molar-refractivity contribution is 0.0696. The van der Waals surface area contributed by atoms with Crippen molar-refractivity contribution in [3.05, 3.63) is 109 Å². The van der Waals surface area contributed by atoms with Crippen molar-refractivity contribution < 1.29 is 19.5 Å². The number of amides is 2. The quantitative estimate of drug-likeness (QED) is 0.210. The zero-order valence-corrected chi connectivity index (χ0v) is 20.4. The summed E-state index contributed by atoms with van der Waals surface area (Å²) in [6.45, 7) is 0.123. The SMILES string of the molecule is Nc1c(Nc2cccc(CNC(=O)c3cc(C(=O)N[C@H]4CCc5cc(C(=O)O)ccc54)ncn3)c2)c(=O)c1=O. The zero-order valence-electron chi connectivity index (χ0n) is 20.4. The number of nitrogen functional groups attached to an aromatic ring is 1. The third-order valence-corrected chi connectivity index (χ3v) is 6.50. The van der Waals surface area contributed by atoms with E-state index < -0.39 is 28.6 Å². The number of hydrogen-bond acceptors (Lipinski definition) is 9. The van der Waals surface area contributed by atoms with Crippen molar-refractivity contribution in [2.24, 2.45) is 0 Å². The number of rotatable bonds is 8. The molecule has 1 heterocycles. The van der Waals surface area contributed by atoms with Gasteiger partial charge in [-0.1, -0.05) is 18.2 Å². The van der Waals surface area contributed by atoms with Crippen molar-refractivity contribution in [3.63, 3.8) is 0 Å². The van der Waals surface area contributed by atoms with Gasteiger partial charge in [-0.15, -0.1) is 0 Å². The highest BCUT2D eigenvalue weighted by atomic mass is 16.4. The van der Waals surface area contributed by atoms with Crippen molar-refractivity contribution in [3.8, 4) is 0 Å². The Morgan fingerprint density at radius 2 is 1.74 bits per heavy atom. The van der Waals surface area contributed by atoms with Gasteiger partial charge in [0.15, 0.2) is 0 Å². The second-order valence-electron chi connectivity index (χ2n) is 9.03. The van der Waals surface area contributed by atoms with Gasteiger partial charge in [0, 0.05) is 18.3 Å². The second kappa shape index (κ2) is 10.2. The minimum atomic E-state index is -1.01. The van der Waals surface area contributed by atoms with Crippen molar-refractivity contribution >= 4 is 34.8 Å². The summed E-state index contributed by atoms with van der Waals surface area (Å²) in [6.07, 6.45) is 2.38. The van der Waals surface area contributed by atoms with Crippen LogP contribution in [0.15, 0.2) is 64.4 Å². The smallest absolute Gasteiger partial charge is 0.335 e. The number of fused-ring (bicyclic) bond motifs is 1. The molecule has 5 rings (SSSR count). The molecule has 39 heavy (non-hydrogen) atoms. The minimum Gasteiger partial charge on any atom is -0.478 e. The van der Waals surface area contributed by atoms with E-state index in [1.165, 1.54) is 12.1 Å². The Kier molecular flexibility index (Phi) is 6.59. The third kappa shape index (κ3) is 5.07. The molecular weight excluding hydrogens is 504 g/mol. The van der Waals surface area contributed by atoms with Gasteiger partial charge in [0.25, 0.3) is 22.7 Å². The van der Waals surface area contributed by atoms with E-state index in [0.717, 1.165) is 17.5 Å². The van der Waals surface area contributed by atoms with E-state index in [-0.39, 0.29) is 40.9 Å². The Bertz CT molecular complexity index is 1710. The summed E-state index contributed by atoms with van der Waals surface area (Å²) in [4.78, 5) is 67.7. The number of aryl methyl sites for hydroxylation is 1. The first-order chi connectivity index (χ1) is 18.7. The Morgan fingerprint density at radius 1 is 0.974 bits per heavy atom. The molecule has 196 valence electrons. The largest absolute Gasteiger partial charge is 0.478 e. The molecule has 0 saturated heterocycles. The summed E-state index contributed by atoms with van der Waals surface area (Å²) in [5.74, 6) is -2.01. The van der Waals surface area contributed by atoms with Crippen LogP contribution in [0.25, 0.3) is 0 Å². The first-order valence-electron chi connectivity index (χ1n) is 11.9. The maximum atomic E-state index is 12.9. The first-order valence-corrected chi connectivity index (χ1v) is 11.9. The monoisotopic (exact) mass is 526 g/mol. The highest BCUT2D eigenvalue weighted by molar-refractivity contribution is 5.97. The fourth-order valence-corrected chi connectivity index (χ4v) is 4.45. The van der Waals surface area contributed by atoms with E-state index in [1.807, 2.05) is 0 Å². The Morgan fingerprint density at radius 3 is 2.49 bits per heavy atom. The zero-order chi connectivity index (χ0) is 27.7. The van der Waals surface area contributed by atoms with E-state index in [9.17, 15) is 29.1 Å². The number of carbonyl (C=O) groups excluding carboxylic acids is 2. The number of nitrogens with two attached hydrogens (primary N) is 1. The van der Waals surface area contributed by atoms with E-state index in [4.69, 9.17) is 5.73 Å². The number of aromatic carboxylic acids is 1. The minimum absolute atomic E-state index is 0.00106. The van der Waals surface area contributed by atoms with Gasteiger partial charge in [0.1, 0.15) is 29.1 Å². The molecule has 0 saturated carbocycles. The van der Waals surface area contributed by atoms with Crippen LogP contribution in [-0.2, 0) is 13.0 Å². The molecular formula is C27H22N6O6. The highest BCUT2D eigenvalue weighted by Gasteiger charge is 2.26. The molecule has 0 aliphatic heterocycles. The number of benzene rings is 2. The molecule has 6 N–H and O–H groups in total. The van der Waals surface area contributed by atoms with Gasteiger partial charge < -0.3 is 26.8 Å². The molecule has 1 aliphatic rings. The molecule has 2 amide bonds. The lowest BCUT2D eigenvalue weighted by atomic mass is 10.0. The molecule has 1 aromatic heterocycles. The van der Waals surface area contributed by atoms with Crippen LogP contribution in [-0.4, -0.2) is 32.9 Å². The topological polar surface area (TPSA) is 193 Å². The summed E-state index contributed by atoms with van der Waals surface area (Å²) < 4.78 is 0. The third-order valence-electron chi connectivity index (χ3n) is 6.50. The van der Waals surface area contributed by atoms with Crippen molar-refractivity contribution in [1.82, 2.24) is 20.6 Å². The molecule has 4 aromatic rings. The molecule has 3 aromatic carbocycles. The van der Waals surface area contributed by atoms with Gasteiger partial charge in [-0.25, -0.2) is 14.8 Å². The van der Waals surface area contributed by atoms with Gasteiger partial charge in [-0.2, -0.15) is 0 Å². The maximum Gasteiger partial charge on any atom is 0.335 e. The number of carboxylic acid groups (broad SMARTS) is 1. The number of carboxylic acids is 1. The van der Waals surface area contributed by atoms with Gasteiger partial charge >= 0.3 is 5.97 Å². The molecule has 12 heteroatoms. The summed E-state index contributed by atoms with van der Waals surface area (Å²) in [6, 6.07) is 12.7. The van der Waals surface area contributed by atoms with Gasteiger partial charge in [0.2, 0.25) is 0 Å². The van der Waals surface area contributed by atoms with Gasteiger partial charge in [0.05, 0.1) is 11.6 Å². The Hall–Kier alpha value is -5.39. The Balaban J connectivity index is 1.21. The number of anilines is 3. The van der Waals surface area contributed by atoms with Crippen LogP contribution in [0.4, 0.5) is 17.1 Å². The molecule has 1 atom stereocenters. The Labute approximate surface area is 220 Å². The second-order valence-corrected chi connectivity index (χ2v) is 9.03. The lowest BCUT2D eigenvalue weighted by Gasteiger charge is -2.14. The molecule has 1 aliphatic carbocycles. The van der Waals surface area contributed by atoms with E-state index in [1.54, 1.807) is 36.4 Å². The lowest BCUT2D eigenvalue weighted by Crippen LogP contribution is -2.36. The summed E-state index contributed by atoms with van der Waals surface area (Å²) in [7, 11) is 0. The van der Waals surface area contributed by atoms with Crippen LogP contribution >= 0.6 is 0 Å². The number of hydrogen-bond donors (Lipinski definition) is 5. The standard InChI is InChI=1S/C27H22N6O6/c28-21-22(24(35)23(21)34)32-16-3-1-2-13(8-16)11-29-25(36)19-10-20(31-12-30-19)26(37)33-18-7-5-14-9-15(27(38)39)4-6-17(14)18/h1-4,6,8-10,12,18,32H,5,7,11,28H2,(H,29,36)(H,33,37)(H,38,39)/t18-/m0/s1. The van der Waals surface area contributed by atoms with Crippen LogP contribution in [0.5, 0.6) is 0 Å². The molecule has 0 unspecified atom stereocenters. The summed E-state index contributed by atoms with van der Waals surface area (Å²) >= 11 is 0. The van der Waals surface area contributed by atoms with Crippen LogP contribution in [0.1, 0.15) is 60.5 Å². The van der Waals surface area contributed by atoms with Gasteiger partial charge in [-0.3, -0.25) is 19.2 Å². The van der Waals surface area contributed by atoms with Crippen molar-refractivity contribution in [2.75, 3.05) is 11.1 Å². The first kappa shape index (κ1) is 25.3. The molecule has 0 radical (unpaired) electrons.